The molecule has 0 spiro atoms. The molecule has 2 rings (SSSR count). The molecule has 0 radical (unpaired) electrons. The minimum atomic E-state index is -5.26. The van der Waals surface area contributed by atoms with Crippen molar-refractivity contribution in [3.05, 3.63) is 41.2 Å². The first-order chi connectivity index (χ1) is 8.68. The molecule has 0 saturated heterocycles. The second-order valence-corrected chi connectivity index (χ2v) is 3.66. The van der Waals surface area contributed by atoms with Crippen LogP contribution in [0.15, 0.2) is 24.4 Å². The van der Waals surface area contributed by atoms with Gasteiger partial charge in [0, 0.05) is 6.20 Å². The van der Waals surface area contributed by atoms with Crippen molar-refractivity contribution in [1.29, 1.82) is 5.26 Å². The summed E-state index contributed by atoms with van der Waals surface area (Å²) in [7, 11) is 0. The fourth-order valence-electron chi connectivity index (χ4n) is 1.88. The van der Waals surface area contributed by atoms with Crippen molar-refractivity contribution in [1.82, 2.24) is 4.40 Å². The van der Waals surface area contributed by atoms with Crippen LogP contribution in [-0.4, -0.2) is 4.40 Å². The standard InChI is InChI=1S/C11H4F6N2/c12-10(13,14)8-6-3-1-2-4-19(6)7(5-18)9(8)11(15,16)17/h1-4H. The van der Waals surface area contributed by atoms with Crippen LogP contribution in [0.25, 0.3) is 5.52 Å². The molecular formula is C11H4F6N2. The molecule has 0 amide bonds. The third-order valence-corrected chi connectivity index (χ3v) is 2.52. The maximum atomic E-state index is 12.8. The monoisotopic (exact) mass is 278 g/mol. The van der Waals surface area contributed by atoms with Crippen molar-refractivity contribution in [2.75, 3.05) is 0 Å². The first-order valence-corrected chi connectivity index (χ1v) is 4.85. The van der Waals surface area contributed by atoms with Crippen molar-refractivity contribution in [2.24, 2.45) is 0 Å². The zero-order valence-electron chi connectivity index (χ0n) is 8.97. The lowest BCUT2D eigenvalue weighted by Gasteiger charge is -2.11. The second-order valence-electron chi connectivity index (χ2n) is 3.66. The highest BCUT2D eigenvalue weighted by molar-refractivity contribution is 5.66. The lowest BCUT2D eigenvalue weighted by atomic mass is 10.1. The zero-order valence-corrected chi connectivity index (χ0v) is 8.97. The molecule has 100 valence electrons. The third kappa shape index (κ3) is 2.01. The largest absolute Gasteiger partial charge is 0.419 e. The average Bonchev–Trinajstić information content (AvgIpc) is 2.62. The number of hydrogen-bond acceptors (Lipinski definition) is 1. The van der Waals surface area contributed by atoms with Crippen molar-refractivity contribution < 1.29 is 26.3 Å². The van der Waals surface area contributed by atoms with Gasteiger partial charge in [-0.15, -0.1) is 0 Å². The summed E-state index contributed by atoms with van der Waals surface area (Å²) in [6, 6.07) is 4.49. The molecule has 0 fully saturated rings. The summed E-state index contributed by atoms with van der Waals surface area (Å²) >= 11 is 0. The van der Waals surface area contributed by atoms with Gasteiger partial charge in [-0.2, -0.15) is 31.6 Å². The Balaban J connectivity index is 3.04. The molecule has 2 aromatic heterocycles. The Morgan fingerprint density at radius 3 is 2.00 bits per heavy atom. The number of nitrogens with zero attached hydrogens (tertiary/aromatic N) is 2. The van der Waals surface area contributed by atoms with Crippen molar-refractivity contribution in [3.63, 3.8) is 0 Å². The summed E-state index contributed by atoms with van der Waals surface area (Å²) in [4.78, 5) is 0. The normalized spacial score (nSPS) is 12.7. The van der Waals surface area contributed by atoms with Crippen LogP contribution >= 0.6 is 0 Å². The Hall–Kier alpha value is -2.17. The van der Waals surface area contributed by atoms with E-state index < -0.39 is 34.7 Å². The van der Waals surface area contributed by atoms with Gasteiger partial charge in [-0.1, -0.05) is 6.07 Å². The van der Waals surface area contributed by atoms with Crippen molar-refractivity contribution in [3.8, 4) is 6.07 Å². The molecule has 2 heterocycles. The van der Waals surface area contributed by atoms with Gasteiger partial charge in [-0.05, 0) is 12.1 Å². The van der Waals surface area contributed by atoms with E-state index >= 15 is 0 Å². The number of pyridine rings is 1. The fourth-order valence-corrected chi connectivity index (χ4v) is 1.88. The van der Waals surface area contributed by atoms with Crippen molar-refractivity contribution >= 4 is 5.52 Å². The van der Waals surface area contributed by atoms with E-state index in [4.69, 9.17) is 5.26 Å². The number of alkyl halides is 6. The zero-order chi connectivity index (χ0) is 14.4. The molecule has 0 unspecified atom stereocenters. The molecule has 19 heavy (non-hydrogen) atoms. The second kappa shape index (κ2) is 3.91. The predicted molar refractivity (Wildman–Crippen MR) is 52.1 cm³/mol. The summed E-state index contributed by atoms with van der Waals surface area (Å²) < 4.78 is 77.5. The van der Waals surface area contributed by atoms with Crippen LogP contribution in [-0.2, 0) is 12.4 Å². The van der Waals surface area contributed by atoms with E-state index in [9.17, 15) is 26.3 Å². The first-order valence-electron chi connectivity index (χ1n) is 4.85. The highest BCUT2D eigenvalue weighted by Gasteiger charge is 2.48. The van der Waals surface area contributed by atoms with Gasteiger partial charge in [0.05, 0.1) is 11.1 Å². The SMILES string of the molecule is N#Cc1c(C(F)(F)F)c(C(F)(F)F)c2ccccn12. The van der Waals surface area contributed by atoms with Gasteiger partial charge in [0.25, 0.3) is 0 Å². The molecular weight excluding hydrogens is 274 g/mol. The Kier molecular flexibility index (Phi) is 2.73. The number of rotatable bonds is 0. The quantitative estimate of drug-likeness (QED) is 0.673. The molecule has 0 aliphatic heterocycles. The molecule has 2 aromatic rings. The summed E-state index contributed by atoms with van der Waals surface area (Å²) in [6.07, 6.45) is -9.48. The first kappa shape index (κ1) is 13.3. The Morgan fingerprint density at radius 2 is 1.53 bits per heavy atom. The Bertz CT molecular complexity index is 671. The van der Waals surface area contributed by atoms with E-state index in [2.05, 4.69) is 0 Å². The van der Waals surface area contributed by atoms with Crippen LogP contribution in [0, 0.1) is 11.3 Å². The van der Waals surface area contributed by atoms with E-state index in [0.29, 0.717) is 4.40 Å². The lowest BCUT2D eigenvalue weighted by Crippen LogP contribution is -2.15. The van der Waals surface area contributed by atoms with E-state index in [-0.39, 0.29) is 0 Å². The molecule has 0 saturated carbocycles. The van der Waals surface area contributed by atoms with E-state index in [1.54, 1.807) is 0 Å². The highest BCUT2D eigenvalue weighted by atomic mass is 19.4. The van der Waals surface area contributed by atoms with Crippen LogP contribution in [0.4, 0.5) is 26.3 Å². The van der Waals surface area contributed by atoms with Gasteiger partial charge in [0.2, 0.25) is 0 Å². The van der Waals surface area contributed by atoms with E-state index in [1.165, 1.54) is 18.2 Å². The number of aromatic nitrogens is 1. The molecule has 8 heteroatoms. The molecule has 2 nitrogen and oxygen atoms in total. The van der Waals surface area contributed by atoms with Crippen LogP contribution in [0.3, 0.4) is 0 Å². The molecule has 0 aliphatic carbocycles. The Morgan fingerprint density at radius 1 is 0.947 bits per heavy atom. The minimum Gasteiger partial charge on any atom is -0.307 e. The summed E-state index contributed by atoms with van der Waals surface area (Å²) in [6.45, 7) is 0. The van der Waals surface area contributed by atoms with Crippen molar-refractivity contribution in [2.45, 2.75) is 12.4 Å². The van der Waals surface area contributed by atoms with Gasteiger partial charge >= 0.3 is 12.4 Å². The van der Waals surface area contributed by atoms with Gasteiger partial charge in [0.15, 0.2) is 0 Å². The summed E-state index contributed by atoms with van der Waals surface area (Å²) in [5.41, 5.74) is -5.56. The van der Waals surface area contributed by atoms with Gasteiger partial charge < -0.3 is 4.40 Å². The number of hydrogen-bond donors (Lipinski definition) is 0. The minimum absolute atomic E-state index is 0.589. The van der Waals surface area contributed by atoms with Crippen LogP contribution in [0.2, 0.25) is 0 Å². The van der Waals surface area contributed by atoms with Crippen LogP contribution in [0.5, 0.6) is 0 Å². The van der Waals surface area contributed by atoms with Crippen LogP contribution in [0.1, 0.15) is 16.8 Å². The molecule has 0 N–H and O–H groups in total. The van der Waals surface area contributed by atoms with Crippen LogP contribution < -0.4 is 0 Å². The third-order valence-electron chi connectivity index (χ3n) is 2.52. The Labute approximate surface area is 102 Å². The van der Waals surface area contributed by atoms with E-state index in [1.807, 2.05) is 0 Å². The molecule has 0 atom stereocenters. The molecule has 0 aliphatic rings. The fraction of sp³-hybridized carbons (Fsp3) is 0.182. The van der Waals surface area contributed by atoms with Gasteiger partial charge in [-0.25, -0.2) is 0 Å². The topological polar surface area (TPSA) is 28.2 Å². The van der Waals surface area contributed by atoms with Gasteiger partial charge in [-0.3, -0.25) is 0 Å². The molecule has 0 bridgehead atoms. The number of halogens is 6. The summed E-state index contributed by atoms with van der Waals surface area (Å²) in [5, 5.41) is 8.72. The number of nitriles is 1. The number of fused-ring (bicyclic) bond motifs is 1. The van der Waals surface area contributed by atoms with E-state index in [0.717, 1.165) is 12.3 Å². The molecule has 0 aromatic carbocycles. The van der Waals surface area contributed by atoms with Gasteiger partial charge in [0.1, 0.15) is 17.3 Å². The summed E-state index contributed by atoms with van der Waals surface area (Å²) in [5.74, 6) is 0. The average molecular weight is 278 g/mol. The predicted octanol–water partition coefficient (Wildman–Crippen LogP) is 3.85. The lowest BCUT2D eigenvalue weighted by molar-refractivity contribution is -0.160. The smallest absolute Gasteiger partial charge is 0.307 e. The highest BCUT2D eigenvalue weighted by Crippen LogP contribution is 2.45. The maximum absolute atomic E-state index is 12.8. The maximum Gasteiger partial charge on any atom is 0.419 e.